The second kappa shape index (κ2) is 6.06. The van der Waals surface area contributed by atoms with Gasteiger partial charge in [0.2, 0.25) is 0 Å². The third-order valence-corrected chi connectivity index (χ3v) is 4.09. The number of nitrogens with one attached hydrogen (secondary N) is 1. The Morgan fingerprint density at radius 2 is 1.88 bits per heavy atom. The quantitative estimate of drug-likeness (QED) is 0.560. The van der Waals surface area contributed by atoms with Crippen molar-refractivity contribution in [2.45, 2.75) is 6.92 Å². The van der Waals surface area contributed by atoms with Gasteiger partial charge in [-0.15, -0.1) is 0 Å². The van der Waals surface area contributed by atoms with Crippen LogP contribution in [0.5, 0.6) is 0 Å². The Morgan fingerprint density at radius 1 is 1.12 bits per heavy atom. The van der Waals surface area contributed by atoms with E-state index in [2.05, 4.69) is 30.1 Å². The van der Waals surface area contributed by atoms with E-state index in [1.165, 1.54) is 0 Å². The molecule has 1 aromatic carbocycles. The molecule has 0 saturated carbocycles. The zero-order valence-electron chi connectivity index (χ0n) is 13.5. The summed E-state index contributed by atoms with van der Waals surface area (Å²) in [4.78, 5) is 17.3. The van der Waals surface area contributed by atoms with Gasteiger partial charge in [-0.2, -0.15) is 10.4 Å². The van der Waals surface area contributed by atoms with Crippen molar-refractivity contribution in [2.75, 3.05) is 5.73 Å². The van der Waals surface area contributed by atoms with Crippen LogP contribution < -0.4 is 5.73 Å². The van der Waals surface area contributed by atoms with E-state index < -0.39 is 0 Å². The monoisotopic (exact) mass is 362 g/mol. The van der Waals surface area contributed by atoms with E-state index in [0.717, 1.165) is 10.9 Å². The first-order chi connectivity index (χ1) is 12.6. The topological polar surface area (TPSA) is 130 Å². The minimum Gasteiger partial charge on any atom is -0.381 e. The number of fused-ring (bicyclic) bond motifs is 1. The number of nitriles is 1. The molecule has 3 heterocycles. The van der Waals surface area contributed by atoms with E-state index in [-0.39, 0.29) is 11.5 Å². The van der Waals surface area contributed by atoms with Crippen molar-refractivity contribution in [1.82, 2.24) is 30.1 Å². The first-order valence-electron chi connectivity index (χ1n) is 7.56. The molecular weight excluding hydrogens is 352 g/mol. The van der Waals surface area contributed by atoms with Crippen LogP contribution in [-0.2, 0) is 0 Å². The number of nitrogens with zero attached hydrogens (tertiary/aromatic N) is 6. The lowest BCUT2D eigenvalue weighted by Crippen LogP contribution is -2.05. The first kappa shape index (κ1) is 15.9. The normalized spacial score (nSPS) is 10.8. The van der Waals surface area contributed by atoms with Crippen LogP contribution in [0.4, 0.5) is 5.82 Å². The van der Waals surface area contributed by atoms with E-state index in [9.17, 15) is 5.26 Å². The maximum absolute atomic E-state index is 9.28. The van der Waals surface area contributed by atoms with Gasteiger partial charge < -0.3 is 5.73 Å². The molecule has 0 saturated heterocycles. The molecule has 0 unspecified atom stereocenters. The van der Waals surface area contributed by atoms with Crippen LogP contribution in [0, 0.1) is 18.3 Å². The highest BCUT2D eigenvalue weighted by Crippen LogP contribution is 2.33. The molecule has 0 radical (unpaired) electrons. The van der Waals surface area contributed by atoms with Gasteiger partial charge in [-0.25, -0.2) is 19.9 Å². The Morgan fingerprint density at radius 3 is 2.62 bits per heavy atom. The smallest absolute Gasteiger partial charge is 0.183 e. The second-order valence-electron chi connectivity index (χ2n) is 5.64. The van der Waals surface area contributed by atoms with Crippen molar-refractivity contribution >= 4 is 28.3 Å². The predicted molar refractivity (Wildman–Crippen MR) is 97.0 cm³/mol. The average molecular weight is 363 g/mol. The number of hydrogen-bond donors (Lipinski definition) is 2. The molecule has 3 N–H and O–H groups in total. The number of anilines is 1. The zero-order chi connectivity index (χ0) is 18.3. The van der Waals surface area contributed by atoms with E-state index >= 15 is 0 Å². The number of aromatic nitrogens is 6. The molecule has 8 nitrogen and oxygen atoms in total. The van der Waals surface area contributed by atoms with Gasteiger partial charge in [0.15, 0.2) is 17.3 Å². The molecule has 3 aromatic heterocycles. The first-order valence-corrected chi connectivity index (χ1v) is 7.94. The summed E-state index contributed by atoms with van der Waals surface area (Å²) >= 11 is 6.34. The lowest BCUT2D eigenvalue weighted by molar-refractivity contribution is 1.09. The van der Waals surface area contributed by atoms with Crippen LogP contribution in [0.2, 0.25) is 5.02 Å². The molecule has 0 fully saturated rings. The summed E-state index contributed by atoms with van der Waals surface area (Å²) in [6.45, 7) is 1.89. The number of hydrogen-bond acceptors (Lipinski definition) is 7. The number of halogens is 1. The van der Waals surface area contributed by atoms with Crippen LogP contribution in [0.25, 0.3) is 33.7 Å². The van der Waals surface area contributed by atoms with E-state index in [0.29, 0.717) is 33.3 Å². The number of nitrogen functional groups attached to an aromatic ring is 1. The minimum atomic E-state index is 0.0194. The largest absolute Gasteiger partial charge is 0.381 e. The van der Waals surface area contributed by atoms with Crippen molar-refractivity contribution in [3.63, 3.8) is 0 Å². The molecule has 0 spiro atoms. The van der Waals surface area contributed by atoms with Gasteiger partial charge in [0, 0.05) is 23.3 Å². The third-order valence-electron chi connectivity index (χ3n) is 3.80. The van der Waals surface area contributed by atoms with Crippen LogP contribution in [-0.4, -0.2) is 30.1 Å². The van der Waals surface area contributed by atoms with Gasteiger partial charge in [0.25, 0.3) is 0 Å². The van der Waals surface area contributed by atoms with E-state index in [1.54, 1.807) is 24.7 Å². The Balaban J connectivity index is 2.01. The van der Waals surface area contributed by atoms with Gasteiger partial charge >= 0.3 is 0 Å². The fourth-order valence-electron chi connectivity index (χ4n) is 2.55. The fourth-order valence-corrected chi connectivity index (χ4v) is 2.82. The van der Waals surface area contributed by atoms with Crippen molar-refractivity contribution in [3.8, 4) is 28.8 Å². The van der Waals surface area contributed by atoms with Crippen molar-refractivity contribution in [3.05, 3.63) is 47.0 Å². The highest BCUT2D eigenvalue weighted by atomic mass is 35.5. The molecule has 0 atom stereocenters. The molecule has 0 aliphatic carbocycles. The predicted octanol–water partition coefficient (Wildman–Crippen LogP) is 2.89. The molecule has 0 bridgehead atoms. The second-order valence-corrected chi connectivity index (χ2v) is 6.05. The lowest BCUT2D eigenvalue weighted by atomic mass is 10.1. The summed E-state index contributed by atoms with van der Waals surface area (Å²) in [6.07, 6.45) is 5.01. The van der Waals surface area contributed by atoms with Gasteiger partial charge in [0.1, 0.15) is 17.5 Å². The minimum absolute atomic E-state index is 0.0194. The van der Waals surface area contributed by atoms with Gasteiger partial charge in [-0.05, 0) is 24.6 Å². The summed E-state index contributed by atoms with van der Waals surface area (Å²) in [5.41, 5.74) is 8.97. The van der Waals surface area contributed by atoms with Crippen molar-refractivity contribution in [1.29, 1.82) is 5.26 Å². The summed E-state index contributed by atoms with van der Waals surface area (Å²) in [5, 5.41) is 17.4. The molecule has 4 aromatic rings. The van der Waals surface area contributed by atoms with Crippen LogP contribution in [0.3, 0.4) is 0 Å². The molecule has 0 aliphatic heterocycles. The molecule has 26 heavy (non-hydrogen) atoms. The molecule has 9 heteroatoms. The zero-order valence-corrected chi connectivity index (χ0v) is 14.3. The number of aryl methyl sites for hydroxylation is 1. The summed E-state index contributed by atoms with van der Waals surface area (Å²) in [5.74, 6) is 0.378. The summed E-state index contributed by atoms with van der Waals surface area (Å²) in [7, 11) is 0. The maximum atomic E-state index is 9.28. The number of H-pyrrole nitrogens is 1. The van der Waals surface area contributed by atoms with Crippen LogP contribution >= 0.6 is 11.6 Å². The molecule has 0 aliphatic rings. The van der Waals surface area contributed by atoms with Crippen molar-refractivity contribution in [2.24, 2.45) is 0 Å². The van der Waals surface area contributed by atoms with Gasteiger partial charge in [0.05, 0.1) is 16.7 Å². The summed E-state index contributed by atoms with van der Waals surface area (Å²) < 4.78 is 0. The Hall–Kier alpha value is -3.57. The number of benzene rings is 1. The van der Waals surface area contributed by atoms with Gasteiger partial charge in [-0.1, -0.05) is 11.6 Å². The molecular formula is C17H11ClN8. The fraction of sp³-hybridized carbons (Fsp3) is 0.0588. The van der Waals surface area contributed by atoms with E-state index in [4.69, 9.17) is 17.3 Å². The Kier molecular flexibility index (Phi) is 3.71. The summed E-state index contributed by atoms with van der Waals surface area (Å²) in [6, 6.07) is 5.52. The Bertz CT molecular complexity index is 1170. The number of nitrogens with two attached hydrogens (primary N) is 1. The highest BCUT2D eigenvalue weighted by molar-refractivity contribution is 6.35. The van der Waals surface area contributed by atoms with Crippen LogP contribution in [0.15, 0.2) is 30.7 Å². The van der Waals surface area contributed by atoms with Gasteiger partial charge in [-0.3, -0.25) is 5.10 Å². The van der Waals surface area contributed by atoms with Crippen LogP contribution in [0.1, 0.15) is 11.3 Å². The molecule has 4 rings (SSSR count). The standard InChI is InChI=1S/C17H11ClN8/c1-8-5-21-17(22-6-8)15-14(24-12(4-19)16(20)25-15)9-2-10-7-23-26-13(10)11(18)3-9/h2-3,5-7H,1H3,(H2,20,25)(H,23,26). The number of rotatable bonds is 2. The number of aromatic amines is 1. The molecule has 126 valence electrons. The third kappa shape index (κ3) is 2.60. The lowest BCUT2D eigenvalue weighted by Gasteiger charge is -2.10. The highest BCUT2D eigenvalue weighted by Gasteiger charge is 2.19. The average Bonchev–Trinajstić information content (AvgIpc) is 3.11. The molecule has 0 amide bonds. The maximum Gasteiger partial charge on any atom is 0.183 e. The van der Waals surface area contributed by atoms with E-state index in [1.807, 2.05) is 19.1 Å². The SMILES string of the molecule is Cc1cnc(-c2nc(N)c(C#N)nc2-c2cc(Cl)c3[nH]ncc3c2)nc1. The Labute approximate surface area is 152 Å². The van der Waals surface area contributed by atoms with Crippen molar-refractivity contribution < 1.29 is 0 Å².